The highest BCUT2D eigenvalue weighted by Crippen LogP contribution is 2.40. The Balaban J connectivity index is 1.83. The number of benzene rings is 2. The fourth-order valence-corrected chi connectivity index (χ4v) is 4.26. The standard InChI is InChI=1S/C23H25N3O4/c1-29-18-10-11-22(30-2)19(15-18)23-21-9-5-12-24(21)13-6-14-25(23)16-17-7-3-4-8-20(17)26(27)28/h3-5,7-12,15,23H,6,13-14,16H2,1-2H3/t23-/m1/s1. The van der Waals surface area contributed by atoms with Gasteiger partial charge in [-0.05, 0) is 36.8 Å². The number of ether oxygens (including phenoxy) is 2. The lowest BCUT2D eigenvalue weighted by molar-refractivity contribution is -0.385. The van der Waals surface area contributed by atoms with E-state index in [0.29, 0.717) is 12.1 Å². The van der Waals surface area contributed by atoms with E-state index in [4.69, 9.17) is 9.47 Å². The maximum absolute atomic E-state index is 11.6. The maximum Gasteiger partial charge on any atom is 0.273 e. The van der Waals surface area contributed by atoms with Gasteiger partial charge in [0.2, 0.25) is 0 Å². The summed E-state index contributed by atoms with van der Waals surface area (Å²) in [5.41, 5.74) is 2.97. The molecule has 7 nitrogen and oxygen atoms in total. The Bertz CT molecular complexity index is 1050. The van der Waals surface area contributed by atoms with Gasteiger partial charge in [-0.2, -0.15) is 0 Å². The Morgan fingerprint density at radius 2 is 1.90 bits per heavy atom. The fourth-order valence-electron chi connectivity index (χ4n) is 4.26. The van der Waals surface area contributed by atoms with Crippen LogP contribution in [0.3, 0.4) is 0 Å². The van der Waals surface area contributed by atoms with Crippen LogP contribution < -0.4 is 9.47 Å². The zero-order valence-corrected chi connectivity index (χ0v) is 17.2. The molecule has 0 fully saturated rings. The lowest BCUT2D eigenvalue weighted by Crippen LogP contribution is -2.30. The smallest absolute Gasteiger partial charge is 0.273 e. The van der Waals surface area contributed by atoms with Crippen molar-refractivity contribution >= 4 is 5.69 Å². The molecule has 0 amide bonds. The highest BCUT2D eigenvalue weighted by Gasteiger charge is 2.31. The van der Waals surface area contributed by atoms with Gasteiger partial charge in [-0.15, -0.1) is 0 Å². The predicted octanol–water partition coefficient (Wildman–Crippen LogP) is 4.41. The van der Waals surface area contributed by atoms with E-state index in [1.807, 2.05) is 36.4 Å². The van der Waals surface area contributed by atoms with E-state index in [-0.39, 0.29) is 16.7 Å². The van der Waals surface area contributed by atoms with Crippen LogP contribution in [0.15, 0.2) is 60.8 Å². The predicted molar refractivity (Wildman–Crippen MR) is 114 cm³/mol. The molecule has 0 aliphatic carbocycles. The summed E-state index contributed by atoms with van der Waals surface area (Å²) >= 11 is 0. The number of fused-ring (bicyclic) bond motifs is 1. The molecule has 1 aromatic heterocycles. The van der Waals surface area contributed by atoms with Crippen molar-refractivity contribution in [2.75, 3.05) is 20.8 Å². The van der Waals surface area contributed by atoms with Crippen molar-refractivity contribution in [2.24, 2.45) is 0 Å². The summed E-state index contributed by atoms with van der Waals surface area (Å²) in [4.78, 5) is 13.6. The lowest BCUT2D eigenvalue weighted by Gasteiger charge is -2.31. The second-order valence-corrected chi connectivity index (χ2v) is 7.35. The van der Waals surface area contributed by atoms with Crippen LogP contribution in [0.4, 0.5) is 5.69 Å². The summed E-state index contributed by atoms with van der Waals surface area (Å²) in [5, 5.41) is 11.6. The average molecular weight is 407 g/mol. The largest absolute Gasteiger partial charge is 0.497 e. The van der Waals surface area contributed by atoms with Gasteiger partial charge in [0.1, 0.15) is 11.5 Å². The molecule has 2 aromatic carbocycles. The van der Waals surface area contributed by atoms with E-state index < -0.39 is 0 Å². The third kappa shape index (κ3) is 3.76. The van der Waals surface area contributed by atoms with E-state index in [0.717, 1.165) is 42.3 Å². The first-order valence-electron chi connectivity index (χ1n) is 9.95. The molecule has 4 rings (SSSR count). The molecule has 1 aliphatic rings. The Hall–Kier alpha value is -3.32. The van der Waals surface area contributed by atoms with Gasteiger partial charge in [-0.1, -0.05) is 18.2 Å². The fraction of sp³-hybridized carbons (Fsp3) is 0.304. The molecule has 0 radical (unpaired) electrons. The number of aryl methyl sites for hydroxylation is 1. The van der Waals surface area contributed by atoms with E-state index in [1.165, 1.54) is 0 Å². The SMILES string of the molecule is COc1ccc(OC)c([C@@H]2c3cccn3CCCN2Cc2ccccc2[N+](=O)[O-])c1. The summed E-state index contributed by atoms with van der Waals surface area (Å²) < 4.78 is 13.4. The van der Waals surface area contributed by atoms with Gasteiger partial charge in [-0.25, -0.2) is 0 Å². The zero-order chi connectivity index (χ0) is 21.1. The highest BCUT2D eigenvalue weighted by atomic mass is 16.6. The number of aromatic nitrogens is 1. The van der Waals surface area contributed by atoms with Crippen LogP contribution in [-0.4, -0.2) is 35.2 Å². The van der Waals surface area contributed by atoms with Gasteiger partial charge in [0, 0.05) is 48.7 Å². The van der Waals surface area contributed by atoms with Gasteiger partial charge in [-0.3, -0.25) is 15.0 Å². The van der Waals surface area contributed by atoms with Crippen molar-refractivity contribution in [3.8, 4) is 11.5 Å². The minimum atomic E-state index is -0.309. The zero-order valence-electron chi connectivity index (χ0n) is 17.2. The van der Waals surface area contributed by atoms with E-state index in [2.05, 4.69) is 21.7 Å². The number of hydrogen-bond acceptors (Lipinski definition) is 5. The lowest BCUT2D eigenvalue weighted by atomic mass is 9.99. The monoisotopic (exact) mass is 407 g/mol. The van der Waals surface area contributed by atoms with E-state index >= 15 is 0 Å². The van der Waals surface area contributed by atoms with Crippen molar-refractivity contribution in [1.82, 2.24) is 9.47 Å². The molecule has 7 heteroatoms. The van der Waals surface area contributed by atoms with Gasteiger partial charge in [0.05, 0.1) is 25.2 Å². The number of para-hydroxylation sites is 1. The average Bonchev–Trinajstić information content (AvgIpc) is 3.15. The summed E-state index contributed by atoms with van der Waals surface area (Å²) in [6.07, 6.45) is 3.04. The minimum absolute atomic E-state index is 0.118. The van der Waals surface area contributed by atoms with Crippen LogP contribution in [0.5, 0.6) is 11.5 Å². The van der Waals surface area contributed by atoms with Crippen molar-refractivity contribution in [1.29, 1.82) is 0 Å². The quantitative estimate of drug-likeness (QED) is 0.447. The molecular formula is C23H25N3O4. The summed E-state index contributed by atoms with van der Waals surface area (Å²) in [5.74, 6) is 1.52. The molecule has 30 heavy (non-hydrogen) atoms. The maximum atomic E-state index is 11.6. The second-order valence-electron chi connectivity index (χ2n) is 7.35. The number of methoxy groups -OCH3 is 2. The molecule has 0 saturated heterocycles. The Kier molecular flexibility index (Phi) is 5.72. The van der Waals surface area contributed by atoms with Crippen LogP contribution in [-0.2, 0) is 13.1 Å². The van der Waals surface area contributed by atoms with Gasteiger partial charge in [0.25, 0.3) is 5.69 Å². The van der Waals surface area contributed by atoms with Crippen LogP contribution >= 0.6 is 0 Å². The minimum Gasteiger partial charge on any atom is -0.497 e. The second kappa shape index (κ2) is 8.59. The van der Waals surface area contributed by atoms with Crippen molar-refractivity contribution in [3.05, 3.63) is 87.7 Å². The Labute approximate surface area is 175 Å². The van der Waals surface area contributed by atoms with Crippen LogP contribution in [0.1, 0.15) is 29.3 Å². The van der Waals surface area contributed by atoms with Gasteiger partial charge in [0.15, 0.2) is 0 Å². The number of hydrogen-bond donors (Lipinski definition) is 0. The molecule has 0 N–H and O–H groups in total. The molecule has 0 bridgehead atoms. The van der Waals surface area contributed by atoms with E-state index in [1.54, 1.807) is 26.4 Å². The molecular weight excluding hydrogens is 382 g/mol. The number of rotatable bonds is 6. The van der Waals surface area contributed by atoms with Crippen LogP contribution in [0.25, 0.3) is 0 Å². The number of nitro benzene ring substituents is 1. The molecule has 1 atom stereocenters. The molecule has 0 saturated carbocycles. The summed E-state index contributed by atoms with van der Waals surface area (Å²) in [6, 6.07) is 16.8. The Morgan fingerprint density at radius 3 is 2.67 bits per heavy atom. The first kappa shape index (κ1) is 20.0. The number of nitrogens with zero attached hydrogens (tertiary/aromatic N) is 3. The van der Waals surface area contributed by atoms with Gasteiger partial charge >= 0.3 is 0 Å². The topological polar surface area (TPSA) is 69.8 Å². The van der Waals surface area contributed by atoms with Crippen molar-refractivity contribution in [2.45, 2.75) is 25.6 Å². The normalized spacial score (nSPS) is 16.5. The third-order valence-electron chi connectivity index (χ3n) is 5.65. The molecule has 2 heterocycles. The Morgan fingerprint density at radius 1 is 1.07 bits per heavy atom. The van der Waals surface area contributed by atoms with E-state index in [9.17, 15) is 10.1 Å². The molecule has 0 spiro atoms. The van der Waals surface area contributed by atoms with Crippen molar-refractivity contribution < 1.29 is 14.4 Å². The molecule has 3 aromatic rings. The highest BCUT2D eigenvalue weighted by molar-refractivity contribution is 5.46. The van der Waals surface area contributed by atoms with Crippen molar-refractivity contribution in [3.63, 3.8) is 0 Å². The third-order valence-corrected chi connectivity index (χ3v) is 5.65. The first-order chi connectivity index (χ1) is 14.6. The first-order valence-corrected chi connectivity index (χ1v) is 9.95. The van der Waals surface area contributed by atoms with Gasteiger partial charge < -0.3 is 14.0 Å². The molecule has 1 aliphatic heterocycles. The summed E-state index contributed by atoms with van der Waals surface area (Å²) in [7, 11) is 3.31. The van der Waals surface area contributed by atoms with Crippen LogP contribution in [0, 0.1) is 10.1 Å². The molecule has 156 valence electrons. The van der Waals surface area contributed by atoms with Crippen LogP contribution in [0.2, 0.25) is 0 Å². The molecule has 0 unspecified atom stereocenters. The number of nitro groups is 1. The summed E-state index contributed by atoms with van der Waals surface area (Å²) in [6.45, 7) is 2.17.